The fraction of sp³-hybridized carbons (Fsp3) is 0.321. The van der Waals surface area contributed by atoms with E-state index in [1.54, 1.807) is 48.5 Å². The van der Waals surface area contributed by atoms with Gasteiger partial charge in [0.05, 0.1) is 12.1 Å². The number of rotatable bonds is 5. The lowest BCUT2D eigenvalue weighted by molar-refractivity contribution is -0.143. The maximum atomic E-state index is 13.0. The quantitative estimate of drug-likeness (QED) is 0.597. The first kappa shape index (κ1) is 23.2. The number of hydrogen-bond donors (Lipinski definition) is 2. The van der Waals surface area contributed by atoms with Gasteiger partial charge < -0.3 is 20.1 Å². The summed E-state index contributed by atoms with van der Waals surface area (Å²) < 4.78 is 6.06. The van der Waals surface area contributed by atoms with Gasteiger partial charge in [-0.2, -0.15) is 0 Å². The Morgan fingerprint density at radius 1 is 1.03 bits per heavy atom. The van der Waals surface area contributed by atoms with Gasteiger partial charge >= 0.3 is 0 Å². The third kappa shape index (κ3) is 4.11. The molecule has 2 N–H and O–H groups in total. The number of methoxy groups -OCH3 is 1. The molecule has 35 heavy (non-hydrogen) atoms. The van der Waals surface area contributed by atoms with Gasteiger partial charge in [0.1, 0.15) is 5.69 Å². The highest BCUT2D eigenvalue weighted by atomic mass is 16.5. The number of carbonyl (C=O) groups is 2. The number of likely N-dealkylation sites (tertiary alicyclic amines) is 1. The second kappa shape index (κ2) is 9.60. The van der Waals surface area contributed by atoms with E-state index in [0.717, 1.165) is 11.1 Å². The van der Waals surface area contributed by atoms with Crippen molar-refractivity contribution in [2.24, 2.45) is 0 Å². The molecule has 1 spiro atoms. The topological polar surface area (TPSA) is 91.8 Å². The molecule has 0 saturated carbocycles. The molecule has 2 amide bonds. The summed E-state index contributed by atoms with van der Waals surface area (Å²) in [5, 5.41) is 13.8. The molecule has 0 unspecified atom stereocenters. The van der Waals surface area contributed by atoms with Gasteiger partial charge in [0.25, 0.3) is 11.8 Å². The number of ether oxygens (including phenoxy) is 1. The summed E-state index contributed by atoms with van der Waals surface area (Å²) in [5.74, 6) is -0.533. The molecule has 2 aromatic carbocycles. The van der Waals surface area contributed by atoms with Crippen LogP contribution in [-0.2, 0) is 14.9 Å². The van der Waals surface area contributed by atoms with E-state index in [-0.39, 0.29) is 29.4 Å². The number of fused-ring (bicyclic) bond motifs is 2. The molecule has 2 aliphatic rings. The Bertz CT molecular complexity index is 1190. The first-order valence-corrected chi connectivity index (χ1v) is 11.9. The van der Waals surface area contributed by atoms with Crippen LogP contribution in [-0.4, -0.2) is 53.1 Å². The average molecular weight is 472 g/mol. The Morgan fingerprint density at radius 2 is 1.71 bits per heavy atom. The zero-order valence-electron chi connectivity index (χ0n) is 19.6. The van der Waals surface area contributed by atoms with Crippen LogP contribution >= 0.6 is 0 Å². The summed E-state index contributed by atoms with van der Waals surface area (Å²) >= 11 is 0. The molecule has 1 aromatic heterocycles. The molecule has 5 rings (SSSR count). The number of hydrogen-bond acceptors (Lipinski definition) is 5. The van der Waals surface area contributed by atoms with Gasteiger partial charge in [0, 0.05) is 31.8 Å². The number of nitrogens with zero attached hydrogens (tertiary/aromatic N) is 2. The Labute approximate surface area is 204 Å². The SMILES string of the molecule is CO[C@H]1[C@H](NC(=O)c2ccccn2)c2ccccc2C12CCN(C(=O)[C@@H](O)c1ccccc1)CC2. The van der Waals surface area contributed by atoms with E-state index >= 15 is 0 Å². The van der Waals surface area contributed by atoms with Crippen LogP contribution in [0.1, 0.15) is 52.2 Å². The zero-order chi connectivity index (χ0) is 24.4. The molecular weight excluding hydrogens is 442 g/mol. The summed E-state index contributed by atoms with van der Waals surface area (Å²) in [6.45, 7) is 0.996. The Hall–Kier alpha value is -3.55. The summed E-state index contributed by atoms with van der Waals surface area (Å²) in [6, 6.07) is 22.1. The molecule has 7 nitrogen and oxygen atoms in total. The number of benzene rings is 2. The lowest BCUT2D eigenvalue weighted by Crippen LogP contribution is -2.52. The van der Waals surface area contributed by atoms with E-state index in [0.29, 0.717) is 37.2 Å². The minimum Gasteiger partial charge on any atom is -0.378 e. The summed E-state index contributed by atoms with van der Waals surface area (Å²) in [5.41, 5.74) is 2.79. The van der Waals surface area contributed by atoms with Crippen molar-refractivity contribution < 1.29 is 19.4 Å². The van der Waals surface area contributed by atoms with E-state index in [9.17, 15) is 14.7 Å². The second-order valence-electron chi connectivity index (χ2n) is 9.20. The zero-order valence-corrected chi connectivity index (χ0v) is 19.6. The molecule has 1 aliphatic heterocycles. The van der Waals surface area contributed by atoms with E-state index in [1.165, 1.54) is 0 Å². The van der Waals surface area contributed by atoms with Crippen LogP contribution in [0.3, 0.4) is 0 Å². The summed E-state index contributed by atoms with van der Waals surface area (Å²) in [4.78, 5) is 31.9. The fourth-order valence-electron chi connectivity index (χ4n) is 5.72. The standard InChI is InChI=1S/C28H29N3O4/c1-35-25-23(30-26(33)22-13-7-8-16-29-22)20-11-5-6-12-21(20)28(25)14-17-31(18-15-28)27(34)24(32)19-9-3-2-4-10-19/h2-13,16,23-25,32H,14-15,17-18H2,1H3,(H,30,33)/t23-,24+,25+/m1/s1. The van der Waals surface area contributed by atoms with Crippen LogP contribution in [0, 0.1) is 0 Å². The van der Waals surface area contributed by atoms with Crippen molar-refractivity contribution in [2.45, 2.75) is 36.5 Å². The predicted molar refractivity (Wildman–Crippen MR) is 131 cm³/mol. The summed E-state index contributed by atoms with van der Waals surface area (Å²) in [6.07, 6.45) is 1.48. The van der Waals surface area contributed by atoms with E-state index < -0.39 is 6.10 Å². The van der Waals surface area contributed by atoms with Gasteiger partial charge in [0.2, 0.25) is 0 Å². The van der Waals surface area contributed by atoms with Crippen LogP contribution in [0.2, 0.25) is 0 Å². The molecule has 2 heterocycles. The first-order chi connectivity index (χ1) is 17.0. The fourth-order valence-corrected chi connectivity index (χ4v) is 5.72. The van der Waals surface area contributed by atoms with Crippen molar-refractivity contribution in [3.63, 3.8) is 0 Å². The third-order valence-corrected chi connectivity index (χ3v) is 7.43. The van der Waals surface area contributed by atoms with Gasteiger partial charge in [-0.25, -0.2) is 0 Å². The molecule has 180 valence electrons. The number of pyridine rings is 1. The summed E-state index contributed by atoms with van der Waals surface area (Å²) in [7, 11) is 1.68. The molecular formula is C28H29N3O4. The van der Waals surface area contributed by atoms with Crippen LogP contribution in [0.4, 0.5) is 0 Å². The lowest BCUT2D eigenvalue weighted by atomic mass is 9.71. The highest BCUT2D eigenvalue weighted by Crippen LogP contribution is 2.52. The molecule has 1 saturated heterocycles. The van der Waals surface area contributed by atoms with E-state index in [1.807, 2.05) is 36.4 Å². The average Bonchev–Trinajstić information content (AvgIpc) is 3.17. The molecule has 0 bridgehead atoms. The van der Waals surface area contributed by atoms with Crippen molar-refractivity contribution in [2.75, 3.05) is 20.2 Å². The van der Waals surface area contributed by atoms with Crippen LogP contribution < -0.4 is 5.32 Å². The predicted octanol–water partition coefficient (Wildman–Crippen LogP) is 3.18. The molecule has 3 aromatic rings. The Morgan fingerprint density at radius 3 is 2.40 bits per heavy atom. The van der Waals surface area contributed by atoms with E-state index in [2.05, 4.69) is 16.4 Å². The number of carbonyl (C=O) groups excluding carboxylic acids is 2. The van der Waals surface area contributed by atoms with Gasteiger partial charge in [-0.3, -0.25) is 14.6 Å². The minimum atomic E-state index is -1.18. The largest absolute Gasteiger partial charge is 0.378 e. The Balaban J connectivity index is 1.38. The monoisotopic (exact) mass is 471 g/mol. The van der Waals surface area contributed by atoms with Gasteiger partial charge in [-0.1, -0.05) is 60.7 Å². The molecule has 7 heteroatoms. The minimum absolute atomic E-state index is 0.247. The molecule has 3 atom stereocenters. The molecule has 0 radical (unpaired) electrons. The first-order valence-electron chi connectivity index (χ1n) is 11.9. The van der Waals surface area contributed by atoms with Gasteiger partial charge in [-0.05, 0) is 41.7 Å². The smallest absolute Gasteiger partial charge is 0.270 e. The van der Waals surface area contributed by atoms with Crippen molar-refractivity contribution in [1.29, 1.82) is 0 Å². The number of nitrogens with one attached hydrogen (secondary N) is 1. The van der Waals surface area contributed by atoms with E-state index in [4.69, 9.17) is 4.74 Å². The van der Waals surface area contributed by atoms with Crippen molar-refractivity contribution >= 4 is 11.8 Å². The molecule has 1 fully saturated rings. The van der Waals surface area contributed by atoms with Crippen molar-refractivity contribution in [1.82, 2.24) is 15.2 Å². The van der Waals surface area contributed by atoms with Crippen LogP contribution in [0.15, 0.2) is 79.0 Å². The van der Waals surface area contributed by atoms with Gasteiger partial charge in [0.15, 0.2) is 6.10 Å². The third-order valence-electron chi connectivity index (χ3n) is 7.43. The van der Waals surface area contributed by atoms with Gasteiger partial charge in [-0.15, -0.1) is 0 Å². The van der Waals surface area contributed by atoms with Crippen LogP contribution in [0.25, 0.3) is 0 Å². The van der Waals surface area contributed by atoms with Crippen molar-refractivity contribution in [3.05, 3.63) is 101 Å². The number of amides is 2. The van der Waals surface area contributed by atoms with Crippen molar-refractivity contribution in [3.8, 4) is 0 Å². The highest BCUT2D eigenvalue weighted by molar-refractivity contribution is 5.92. The number of piperidine rings is 1. The Kier molecular flexibility index (Phi) is 6.36. The maximum absolute atomic E-state index is 13.0. The van der Waals surface area contributed by atoms with Crippen LogP contribution in [0.5, 0.6) is 0 Å². The second-order valence-corrected chi connectivity index (χ2v) is 9.20. The number of aliphatic hydroxyl groups is 1. The number of aliphatic hydroxyl groups excluding tert-OH is 1. The lowest BCUT2D eigenvalue weighted by Gasteiger charge is -2.44. The normalized spacial score (nSPS) is 21.4. The number of aromatic nitrogens is 1. The maximum Gasteiger partial charge on any atom is 0.270 e. The highest BCUT2D eigenvalue weighted by Gasteiger charge is 2.54. The molecule has 1 aliphatic carbocycles.